The fourth-order valence-corrected chi connectivity index (χ4v) is 1.69. The maximum Gasteiger partial charge on any atom is 0.163 e. The minimum Gasteiger partial charge on any atom is -0.453 e. The largest absolute Gasteiger partial charge is 0.453 e. The summed E-state index contributed by atoms with van der Waals surface area (Å²) in [6, 6.07) is 5.13. The van der Waals surface area contributed by atoms with Crippen LogP contribution in [0, 0.1) is 6.08 Å². The Kier molecular flexibility index (Phi) is 4.14. The van der Waals surface area contributed by atoms with E-state index in [2.05, 4.69) is 12.7 Å². The molecular weight excluding hydrogens is 295 g/mol. The van der Waals surface area contributed by atoms with Crippen molar-refractivity contribution >= 4 is 11.8 Å². The van der Waals surface area contributed by atoms with Crippen molar-refractivity contribution in [2.75, 3.05) is 0 Å². The van der Waals surface area contributed by atoms with E-state index < -0.39 is 5.97 Å². The first-order valence-electron chi connectivity index (χ1n) is 4.62. The van der Waals surface area contributed by atoms with Gasteiger partial charge in [0.05, 0.1) is 0 Å². The van der Waals surface area contributed by atoms with E-state index in [4.69, 9.17) is 4.74 Å². The van der Waals surface area contributed by atoms with Crippen molar-refractivity contribution in [2.24, 2.45) is 0 Å². The van der Waals surface area contributed by atoms with Crippen LogP contribution in [0.2, 0.25) is 0 Å². The summed E-state index contributed by atoms with van der Waals surface area (Å²) in [6.45, 7) is 3.20. The van der Waals surface area contributed by atoms with Crippen LogP contribution in [-0.2, 0) is 30.7 Å². The number of ether oxygens (including phenoxy) is 1. The van der Waals surface area contributed by atoms with Gasteiger partial charge in [0.2, 0.25) is 0 Å². The molecule has 0 aliphatic heterocycles. The van der Waals surface area contributed by atoms with Crippen LogP contribution >= 0.6 is 0 Å². The van der Waals surface area contributed by atoms with Crippen LogP contribution in [-0.4, -0.2) is 11.8 Å². The second kappa shape index (κ2) is 5.17. The van der Waals surface area contributed by atoms with Gasteiger partial charge in [-0.05, 0) is 12.5 Å². The Bertz CT molecular complexity index is 452. The fourth-order valence-electron chi connectivity index (χ4n) is 1.69. The van der Waals surface area contributed by atoms with Crippen LogP contribution in [0.15, 0.2) is 24.8 Å². The molecule has 0 N–H and O–H groups in total. The van der Waals surface area contributed by atoms with Gasteiger partial charge in [-0.25, -0.2) is 0 Å². The summed E-state index contributed by atoms with van der Waals surface area (Å²) >= 11 is 0. The third kappa shape index (κ3) is 2.28. The number of hydrogen-bond acceptors (Lipinski definition) is 3. The Hall–Kier alpha value is -1.28. The zero-order valence-electron chi connectivity index (χ0n) is 8.41. The molecule has 0 amide bonds. The van der Waals surface area contributed by atoms with Crippen molar-refractivity contribution in [2.45, 2.75) is 12.8 Å². The van der Waals surface area contributed by atoms with E-state index in [9.17, 15) is 9.59 Å². The third-order valence-electron chi connectivity index (χ3n) is 2.38. The molecule has 85 valence electrons. The zero-order chi connectivity index (χ0) is 10.8. The first kappa shape index (κ1) is 12.8. The van der Waals surface area contributed by atoms with E-state index in [1.54, 1.807) is 18.2 Å². The first-order valence-corrected chi connectivity index (χ1v) is 4.62. The predicted octanol–water partition coefficient (Wildman–Crippen LogP) is 1.71. The monoisotopic (exact) mass is 304 g/mol. The fraction of sp³-hybridized carbons (Fsp3) is 0.167. The molecule has 0 bridgehead atoms. The number of carbonyl (C=O) groups is 2. The molecule has 0 unspecified atom stereocenters. The Morgan fingerprint density at radius 3 is 2.81 bits per heavy atom. The molecule has 1 aromatic rings. The predicted molar refractivity (Wildman–Crippen MR) is 53.6 cm³/mol. The van der Waals surface area contributed by atoms with Crippen LogP contribution in [0.25, 0.3) is 0 Å². The van der Waals surface area contributed by atoms with Gasteiger partial charge in [0.1, 0.15) is 5.75 Å². The molecule has 1 aromatic carbocycles. The van der Waals surface area contributed by atoms with Crippen molar-refractivity contribution in [1.82, 2.24) is 0 Å². The van der Waals surface area contributed by atoms with Gasteiger partial charge < -0.3 is 10.8 Å². The van der Waals surface area contributed by atoms with Gasteiger partial charge in [0.25, 0.3) is 0 Å². The molecular formula is C12H9O3Rh-. The van der Waals surface area contributed by atoms with E-state index in [1.807, 2.05) is 0 Å². The average Bonchev–Trinajstić information content (AvgIpc) is 2.62. The topological polar surface area (TPSA) is 43.4 Å². The van der Waals surface area contributed by atoms with Crippen LogP contribution in [0.4, 0.5) is 0 Å². The van der Waals surface area contributed by atoms with Gasteiger partial charge >= 0.3 is 0 Å². The smallest absolute Gasteiger partial charge is 0.163 e. The summed E-state index contributed by atoms with van der Waals surface area (Å²) in [6.07, 6.45) is 3.24. The first-order chi connectivity index (χ1) is 7.22. The summed E-state index contributed by atoms with van der Waals surface area (Å²) in [5.74, 6) is -0.0762. The molecule has 0 aromatic heterocycles. The molecule has 2 rings (SSSR count). The second-order valence-electron chi connectivity index (χ2n) is 3.27. The van der Waals surface area contributed by atoms with Crippen LogP contribution in [0.1, 0.15) is 22.3 Å². The molecule has 1 aliphatic carbocycles. The molecule has 1 aliphatic rings. The van der Waals surface area contributed by atoms with E-state index in [1.165, 1.54) is 0 Å². The quantitative estimate of drug-likeness (QED) is 0.275. The summed E-state index contributed by atoms with van der Waals surface area (Å²) in [7, 11) is 0. The second-order valence-corrected chi connectivity index (χ2v) is 3.27. The normalized spacial score (nSPS) is 12.6. The number of rotatable bonds is 2. The van der Waals surface area contributed by atoms with E-state index in [-0.39, 0.29) is 25.3 Å². The molecule has 0 spiro atoms. The van der Waals surface area contributed by atoms with Crippen LogP contribution in [0.3, 0.4) is 0 Å². The molecule has 1 radical (unpaired) electrons. The van der Waals surface area contributed by atoms with Gasteiger partial charge in [0.15, 0.2) is 11.8 Å². The maximum absolute atomic E-state index is 11.4. The summed E-state index contributed by atoms with van der Waals surface area (Å²) in [4.78, 5) is 22.4. The minimum absolute atomic E-state index is 0. The molecule has 3 nitrogen and oxygen atoms in total. The Morgan fingerprint density at radius 1 is 1.38 bits per heavy atom. The summed E-state index contributed by atoms with van der Waals surface area (Å²) in [5, 5.41) is 0. The number of benzene rings is 1. The zero-order valence-corrected chi connectivity index (χ0v) is 10.1. The maximum atomic E-state index is 11.4. The average molecular weight is 304 g/mol. The van der Waals surface area contributed by atoms with Gasteiger partial charge in [-0.2, -0.15) is 0 Å². The van der Waals surface area contributed by atoms with Gasteiger partial charge in [-0.3, -0.25) is 16.2 Å². The summed E-state index contributed by atoms with van der Waals surface area (Å²) in [5.41, 5.74) is 1.47. The van der Waals surface area contributed by atoms with Crippen LogP contribution in [0.5, 0.6) is 5.75 Å². The number of Topliss-reactive ketones (excluding diaryl/α,β-unsaturated/α-hetero) is 1. The van der Waals surface area contributed by atoms with E-state index >= 15 is 0 Å². The minimum atomic E-state index is -0.622. The molecule has 0 saturated carbocycles. The van der Waals surface area contributed by atoms with Crippen molar-refractivity contribution < 1.29 is 33.8 Å². The third-order valence-corrected chi connectivity index (χ3v) is 2.38. The number of esters is 1. The Labute approximate surface area is 106 Å². The number of carbonyl (C=O) groups excluding carboxylic acids is 2. The molecule has 0 heterocycles. The summed E-state index contributed by atoms with van der Waals surface area (Å²) < 4.78 is 4.99. The molecule has 0 atom stereocenters. The van der Waals surface area contributed by atoms with Crippen molar-refractivity contribution in [3.05, 3.63) is 42.0 Å². The van der Waals surface area contributed by atoms with Crippen LogP contribution < -0.4 is 4.74 Å². The van der Waals surface area contributed by atoms with Gasteiger partial charge in [-0.15, -0.1) is 0 Å². The van der Waals surface area contributed by atoms with Crippen molar-refractivity contribution in [3.63, 3.8) is 0 Å². The van der Waals surface area contributed by atoms with Gasteiger partial charge in [0, 0.05) is 37.0 Å². The Balaban J connectivity index is 0.00000128. The SMILES string of the molecule is C=[C-]C(=O)Oc1cccc2c1CCC2=O.[Rh]. The van der Waals surface area contributed by atoms with Gasteiger partial charge in [-0.1, -0.05) is 12.1 Å². The standard InChI is InChI=1S/C12H9O3.Rh/c1-2-12(14)15-11-5-3-4-8-9(11)6-7-10(8)13;/h3-5H,1,6-7H2;/q-1;. The van der Waals surface area contributed by atoms with E-state index in [0.717, 1.165) is 5.56 Å². The number of fused-ring (bicyclic) bond motifs is 1. The Morgan fingerprint density at radius 2 is 2.12 bits per heavy atom. The molecule has 4 heteroatoms. The van der Waals surface area contributed by atoms with E-state index in [0.29, 0.717) is 24.2 Å². The van der Waals surface area contributed by atoms with Crippen molar-refractivity contribution in [1.29, 1.82) is 0 Å². The number of hydrogen-bond donors (Lipinski definition) is 0. The molecule has 16 heavy (non-hydrogen) atoms. The molecule has 0 fully saturated rings. The van der Waals surface area contributed by atoms with Crippen molar-refractivity contribution in [3.8, 4) is 5.75 Å². The molecule has 0 saturated heterocycles. The number of ketones is 1.